The number of aromatic hydroxyl groups is 1. The van der Waals surface area contributed by atoms with E-state index in [2.05, 4.69) is 4.98 Å². The average Bonchev–Trinajstić information content (AvgIpc) is 2.04. The van der Waals surface area contributed by atoms with E-state index in [1.54, 1.807) is 18.5 Å². The summed E-state index contributed by atoms with van der Waals surface area (Å²) in [6.45, 7) is 0. The summed E-state index contributed by atoms with van der Waals surface area (Å²) in [6.07, 6.45) is 3.59. The molecule has 0 saturated heterocycles. The summed E-state index contributed by atoms with van der Waals surface area (Å²) in [7, 11) is 1.90. The van der Waals surface area contributed by atoms with Crippen LogP contribution in [-0.4, -0.2) is 10.1 Å². The Morgan fingerprint density at radius 1 is 1.38 bits per heavy atom. The maximum absolute atomic E-state index is 9.39. The van der Waals surface area contributed by atoms with Crippen LogP contribution in [0, 0.1) is 0 Å². The summed E-state index contributed by atoms with van der Waals surface area (Å²) in [5.41, 5.74) is 0.649. The second kappa shape index (κ2) is 3.87. The first-order chi connectivity index (χ1) is 5.77. The second-order valence-electron chi connectivity index (χ2n) is 2.75. The molecular weight excluding hydrogens is 279 g/mol. The summed E-state index contributed by atoms with van der Waals surface area (Å²) < 4.78 is 1.85. The first-order valence-electron chi connectivity index (χ1n) is 3.70. The fourth-order valence-corrected chi connectivity index (χ4v) is 1.20. The van der Waals surface area contributed by atoms with Crippen molar-refractivity contribution >= 4 is 10.9 Å². The lowest BCUT2D eigenvalue weighted by atomic mass is 10.2. The molecule has 1 aromatic heterocycles. The lowest BCUT2D eigenvalue weighted by Gasteiger charge is -1.94. The van der Waals surface area contributed by atoms with Gasteiger partial charge in [0, 0.05) is 0 Å². The Morgan fingerprint density at radius 2 is 2.15 bits per heavy atom. The minimum absolute atomic E-state index is 0. The second-order valence-corrected chi connectivity index (χ2v) is 2.75. The normalized spacial score (nSPS) is 9.62. The highest BCUT2D eigenvalue weighted by Gasteiger charge is 2.05. The maximum atomic E-state index is 9.39. The van der Waals surface area contributed by atoms with Gasteiger partial charge in [0.15, 0.2) is 5.75 Å². The zero-order chi connectivity index (χ0) is 8.55. The van der Waals surface area contributed by atoms with Crippen molar-refractivity contribution in [1.82, 2.24) is 4.98 Å². The van der Waals surface area contributed by atoms with Crippen LogP contribution in [0.2, 0.25) is 0 Å². The van der Waals surface area contributed by atoms with Gasteiger partial charge in [-0.05, 0) is 17.1 Å². The van der Waals surface area contributed by atoms with E-state index >= 15 is 0 Å². The van der Waals surface area contributed by atoms with Crippen molar-refractivity contribution in [3.63, 3.8) is 0 Å². The topological polar surface area (TPSA) is 37.0 Å². The maximum Gasteiger partial charge on any atom is 0.286 e. The summed E-state index contributed by atoms with van der Waals surface area (Å²) in [4.78, 5) is 4.09. The Hall–Kier alpha value is -0.910. The SMILES string of the molecule is C[n+]1cnc2c(O)cccc2c1.[I-]. The molecule has 0 unspecified atom stereocenters. The van der Waals surface area contributed by atoms with E-state index in [-0.39, 0.29) is 29.7 Å². The van der Waals surface area contributed by atoms with Crippen molar-refractivity contribution in [3.8, 4) is 5.75 Å². The van der Waals surface area contributed by atoms with E-state index in [0.717, 1.165) is 5.39 Å². The minimum atomic E-state index is 0. The van der Waals surface area contributed by atoms with Gasteiger partial charge in [-0.1, -0.05) is 6.07 Å². The van der Waals surface area contributed by atoms with Gasteiger partial charge in [-0.25, -0.2) is 4.57 Å². The Balaban J connectivity index is 0.000000845. The monoisotopic (exact) mass is 288 g/mol. The number of nitrogens with zero attached hydrogens (tertiary/aromatic N) is 2. The molecule has 1 heterocycles. The number of hydrogen-bond acceptors (Lipinski definition) is 2. The number of aryl methyl sites for hydroxylation is 1. The third kappa shape index (κ3) is 1.88. The van der Waals surface area contributed by atoms with E-state index in [1.165, 1.54) is 0 Å². The predicted molar refractivity (Wildman–Crippen MR) is 44.6 cm³/mol. The van der Waals surface area contributed by atoms with Crippen LogP contribution in [0.3, 0.4) is 0 Å². The van der Waals surface area contributed by atoms with Crippen molar-refractivity contribution in [2.24, 2.45) is 7.05 Å². The van der Waals surface area contributed by atoms with Crippen molar-refractivity contribution in [2.45, 2.75) is 0 Å². The van der Waals surface area contributed by atoms with E-state index in [1.807, 2.05) is 23.9 Å². The van der Waals surface area contributed by atoms with Gasteiger partial charge >= 0.3 is 0 Å². The van der Waals surface area contributed by atoms with Gasteiger partial charge in [-0.2, -0.15) is 0 Å². The molecule has 0 bridgehead atoms. The number of rotatable bonds is 0. The van der Waals surface area contributed by atoms with Crippen LogP contribution in [-0.2, 0) is 7.05 Å². The molecule has 4 heteroatoms. The number of halogens is 1. The molecule has 1 N–H and O–H groups in total. The van der Waals surface area contributed by atoms with Crippen molar-refractivity contribution in [3.05, 3.63) is 30.7 Å². The molecule has 0 aliphatic heterocycles. The molecule has 0 amide bonds. The third-order valence-electron chi connectivity index (χ3n) is 1.76. The van der Waals surface area contributed by atoms with Crippen LogP contribution in [0.15, 0.2) is 30.7 Å². The quantitative estimate of drug-likeness (QED) is 0.440. The van der Waals surface area contributed by atoms with Gasteiger partial charge in [0.2, 0.25) is 5.52 Å². The Bertz CT molecular complexity index is 431. The lowest BCUT2D eigenvalue weighted by Crippen LogP contribution is -3.00. The minimum Gasteiger partial charge on any atom is -1.00 e. The van der Waals surface area contributed by atoms with Gasteiger partial charge in [-0.15, -0.1) is 0 Å². The number of para-hydroxylation sites is 1. The Kier molecular flexibility index (Phi) is 3.02. The molecule has 0 aliphatic rings. The number of hydrogen-bond donors (Lipinski definition) is 1. The van der Waals surface area contributed by atoms with Crippen LogP contribution in [0.5, 0.6) is 5.75 Å². The molecule has 2 rings (SSSR count). The molecule has 2 aromatic rings. The molecule has 0 radical (unpaired) electrons. The van der Waals surface area contributed by atoms with Gasteiger partial charge in [0.05, 0.1) is 12.4 Å². The van der Waals surface area contributed by atoms with Crippen molar-refractivity contribution < 1.29 is 33.7 Å². The third-order valence-corrected chi connectivity index (χ3v) is 1.76. The zero-order valence-electron chi connectivity index (χ0n) is 7.11. The van der Waals surface area contributed by atoms with E-state index < -0.39 is 0 Å². The molecule has 0 spiro atoms. The van der Waals surface area contributed by atoms with Gasteiger partial charge in [-0.3, -0.25) is 0 Å². The van der Waals surface area contributed by atoms with Crippen molar-refractivity contribution in [1.29, 1.82) is 0 Å². The predicted octanol–water partition coefficient (Wildman–Crippen LogP) is -2.23. The molecule has 68 valence electrons. The molecule has 0 fully saturated rings. The van der Waals surface area contributed by atoms with Crippen LogP contribution in [0.25, 0.3) is 10.9 Å². The summed E-state index contributed by atoms with van der Waals surface area (Å²) in [5.74, 6) is 0.230. The molecule has 0 atom stereocenters. The van der Waals surface area contributed by atoms with Crippen LogP contribution < -0.4 is 28.5 Å². The number of phenolic OH excluding ortho intramolecular Hbond substituents is 1. The Morgan fingerprint density at radius 3 is 2.92 bits per heavy atom. The molecular formula is C9H9IN2O. The van der Waals surface area contributed by atoms with Gasteiger partial charge in [0.1, 0.15) is 6.20 Å². The van der Waals surface area contributed by atoms with Crippen LogP contribution in [0.4, 0.5) is 0 Å². The molecule has 0 saturated carbocycles. The Labute approximate surface area is 93.1 Å². The molecule has 3 nitrogen and oxygen atoms in total. The number of fused-ring (bicyclic) bond motifs is 1. The number of benzene rings is 1. The summed E-state index contributed by atoms with van der Waals surface area (Å²) in [6, 6.07) is 5.36. The standard InChI is InChI=1S/C9H8N2O.HI/c1-11-5-7-3-2-4-8(12)9(7)10-6-11;/h2-6H,1H3;1H. The highest BCUT2D eigenvalue weighted by Crippen LogP contribution is 2.19. The van der Waals surface area contributed by atoms with Gasteiger partial charge < -0.3 is 29.1 Å². The summed E-state index contributed by atoms with van der Waals surface area (Å²) in [5, 5.41) is 10.3. The van der Waals surface area contributed by atoms with Crippen molar-refractivity contribution in [2.75, 3.05) is 0 Å². The highest BCUT2D eigenvalue weighted by molar-refractivity contribution is 5.82. The highest BCUT2D eigenvalue weighted by atomic mass is 127. The van der Waals surface area contributed by atoms with E-state index in [4.69, 9.17) is 0 Å². The molecule has 0 aliphatic carbocycles. The first-order valence-corrected chi connectivity index (χ1v) is 3.70. The van der Waals surface area contributed by atoms with Crippen LogP contribution in [0.1, 0.15) is 0 Å². The fourth-order valence-electron chi connectivity index (χ4n) is 1.20. The van der Waals surface area contributed by atoms with Gasteiger partial charge in [0.25, 0.3) is 6.33 Å². The smallest absolute Gasteiger partial charge is 0.286 e. The van der Waals surface area contributed by atoms with E-state index in [0.29, 0.717) is 5.52 Å². The number of aromatic nitrogens is 2. The number of phenols is 1. The largest absolute Gasteiger partial charge is 1.00 e. The average molecular weight is 288 g/mol. The summed E-state index contributed by atoms with van der Waals surface area (Å²) >= 11 is 0. The molecule has 1 aromatic carbocycles. The zero-order valence-corrected chi connectivity index (χ0v) is 9.26. The van der Waals surface area contributed by atoms with Crippen LogP contribution >= 0.6 is 0 Å². The first kappa shape index (κ1) is 10.2. The molecule has 13 heavy (non-hydrogen) atoms. The van der Waals surface area contributed by atoms with E-state index in [9.17, 15) is 5.11 Å². The fraction of sp³-hybridized carbons (Fsp3) is 0.111. The lowest BCUT2D eigenvalue weighted by molar-refractivity contribution is -0.673.